The normalized spacial score (nSPS) is 29.1. The molecule has 3 aliphatic rings. The van der Waals surface area contributed by atoms with Gasteiger partial charge in [0.2, 0.25) is 0 Å². The minimum absolute atomic E-state index is 0. The van der Waals surface area contributed by atoms with E-state index in [2.05, 4.69) is 38.9 Å². The number of nitrogens with zero attached hydrogens (tertiary/aromatic N) is 4. The summed E-state index contributed by atoms with van der Waals surface area (Å²) in [7, 11) is 1.89. The molecule has 0 aromatic carbocycles. The molecule has 1 N–H and O–H groups in total. The Balaban J connectivity index is 0.00000196. The molecule has 0 spiro atoms. The van der Waals surface area contributed by atoms with Gasteiger partial charge in [-0.2, -0.15) is 0 Å². The highest BCUT2D eigenvalue weighted by Crippen LogP contribution is 2.46. The van der Waals surface area contributed by atoms with Crippen LogP contribution < -0.4 is 5.32 Å². The Kier molecular flexibility index (Phi) is 6.83. The van der Waals surface area contributed by atoms with Gasteiger partial charge in [0.15, 0.2) is 5.96 Å². The lowest BCUT2D eigenvalue weighted by atomic mass is 9.93. The molecule has 26 heavy (non-hydrogen) atoms. The molecule has 1 aromatic rings. The molecule has 7 heteroatoms. The highest BCUT2D eigenvalue weighted by molar-refractivity contribution is 14.0. The van der Waals surface area contributed by atoms with Crippen molar-refractivity contribution in [1.29, 1.82) is 0 Å². The Hall–Kier alpha value is -0.410. The largest absolute Gasteiger partial charge is 0.350 e. The number of aryl methyl sites for hydroxylation is 2. The molecule has 1 aliphatic heterocycles. The smallest absolute Gasteiger partial charge is 0.194 e. The first kappa shape index (κ1) is 20.3. The molecule has 2 aliphatic carbocycles. The van der Waals surface area contributed by atoms with Gasteiger partial charge in [0, 0.05) is 44.1 Å². The lowest BCUT2D eigenvalue weighted by Gasteiger charge is -2.41. The molecule has 2 bridgehead atoms. The maximum Gasteiger partial charge on any atom is 0.194 e. The number of fused-ring (bicyclic) bond motifs is 2. The van der Waals surface area contributed by atoms with Gasteiger partial charge in [-0.1, -0.05) is 6.42 Å². The predicted molar refractivity (Wildman–Crippen MR) is 120 cm³/mol. The summed E-state index contributed by atoms with van der Waals surface area (Å²) in [6.45, 7) is 9.54. The Morgan fingerprint density at radius 1 is 1.19 bits per heavy atom. The molecule has 1 saturated heterocycles. The molecule has 146 valence electrons. The second-order valence-corrected chi connectivity index (χ2v) is 9.20. The van der Waals surface area contributed by atoms with Gasteiger partial charge < -0.3 is 10.2 Å². The number of aliphatic imine (C=N–C) groups is 1. The topological polar surface area (TPSA) is 43.8 Å². The molecule has 3 unspecified atom stereocenters. The van der Waals surface area contributed by atoms with E-state index in [1.807, 2.05) is 7.05 Å². The summed E-state index contributed by atoms with van der Waals surface area (Å²) < 4.78 is 0. The summed E-state index contributed by atoms with van der Waals surface area (Å²) in [4.78, 5) is 15.6. The van der Waals surface area contributed by atoms with Crippen LogP contribution in [-0.4, -0.2) is 60.0 Å². The van der Waals surface area contributed by atoms with Gasteiger partial charge in [-0.15, -0.1) is 35.3 Å². The number of thiazole rings is 1. The number of rotatable bonds is 3. The molecule has 2 saturated carbocycles. The van der Waals surface area contributed by atoms with E-state index in [0.29, 0.717) is 0 Å². The molecule has 1 aromatic heterocycles. The van der Waals surface area contributed by atoms with Crippen LogP contribution in [0.5, 0.6) is 0 Å². The van der Waals surface area contributed by atoms with E-state index in [1.54, 1.807) is 11.3 Å². The summed E-state index contributed by atoms with van der Waals surface area (Å²) >= 11 is 1.78. The molecular weight excluding hydrogens is 457 g/mol. The molecule has 4 rings (SSSR count). The zero-order chi connectivity index (χ0) is 17.4. The number of hydrogen-bond acceptors (Lipinski definition) is 4. The zero-order valence-corrected chi connectivity index (χ0v) is 19.3. The number of hydrogen-bond donors (Lipinski definition) is 1. The molecule has 5 nitrogen and oxygen atoms in total. The maximum atomic E-state index is 4.62. The lowest BCUT2D eigenvalue weighted by Crippen LogP contribution is -2.55. The number of nitrogens with one attached hydrogen (secondary N) is 1. The van der Waals surface area contributed by atoms with Crippen LogP contribution >= 0.6 is 35.3 Å². The van der Waals surface area contributed by atoms with E-state index in [4.69, 9.17) is 0 Å². The van der Waals surface area contributed by atoms with Gasteiger partial charge in [-0.05, 0) is 44.9 Å². The van der Waals surface area contributed by atoms with Crippen molar-refractivity contribution in [2.24, 2.45) is 16.8 Å². The molecule has 3 atom stereocenters. The fourth-order valence-electron chi connectivity index (χ4n) is 5.03. The van der Waals surface area contributed by atoms with E-state index in [0.717, 1.165) is 54.2 Å². The third-order valence-electron chi connectivity index (χ3n) is 6.47. The highest BCUT2D eigenvalue weighted by Gasteiger charge is 2.42. The van der Waals surface area contributed by atoms with Crippen molar-refractivity contribution in [3.63, 3.8) is 0 Å². The Morgan fingerprint density at radius 2 is 1.96 bits per heavy atom. The third-order valence-corrected chi connectivity index (χ3v) is 7.54. The van der Waals surface area contributed by atoms with Crippen LogP contribution in [-0.2, 0) is 6.54 Å². The maximum absolute atomic E-state index is 4.62. The van der Waals surface area contributed by atoms with Crippen molar-refractivity contribution in [3.8, 4) is 0 Å². The summed E-state index contributed by atoms with van der Waals surface area (Å²) in [5, 5.41) is 4.66. The molecular formula is C19H32IN5S. The SMILES string of the molecule is CN=C(NCc1nc(C)c(C)s1)N1CCN(C2CC3CCC2C3)CC1.I. The van der Waals surface area contributed by atoms with E-state index in [9.17, 15) is 0 Å². The second kappa shape index (κ2) is 8.73. The quantitative estimate of drug-likeness (QED) is 0.402. The molecule has 0 radical (unpaired) electrons. The highest BCUT2D eigenvalue weighted by atomic mass is 127. The zero-order valence-electron chi connectivity index (χ0n) is 16.2. The molecule has 3 fully saturated rings. The molecule has 0 amide bonds. The average molecular weight is 489 g/mol. The predicted octanol–water partition coefficient (Wildman–Crippen LogP) is 3.26. The first-order valence-corrected chi connectivity index (χ1v) is 10.6. The summed E-state index contributed by atoms with van der Waals surface area (Å²) in [5.41, 5.74) is 1.15. The monoisotopic (exact) mass is 489 g/mol. The van der Waals surface area contributed by atoms with Crippen LogP contribution in [0.3, 0.4) is 0 Å². The van der Waals surface area contributed by atoms with Crippen LogP contribution in [0.1, 0.15) is 41.3 Å². The van der Waals surface area contributed by atoms with Gasteiger partial charge in [-0.25, -0.2) is 4.98 Å². The fraction of sp³-hybridized carbons (Fsp3) is 0.789. The van der Waals surface area contributed by atoms with Crippen molar-refractivity contribution < 1.29 is 0 Å². The van der Waals surface area contributed by atoms with Crippen LogP contribution in [0, 0.1) is 25.7 Å². The number of guanidine groups is 1. The Labute approximate surface area is 178 Å². The summed E-state index contributed by atoms with van der Waals surface area (Å²) in [5.74, 6) is 3.05. The lowest BCUT2D eigenvalue weighted by molar-refractivity contribution is 0.0958. The van der Waals surface area contributed by atoms with E-state index >= 15 is 0 Å². The van der Waals surface area contributed by atoms with Crippen molar-refractivity contribution in [2.75, 3.05) is 33.2 Å². The van der Waals surface area contributed by atoms with Gasteiger partial charge in [0.1, 0.15) is 5.01 Å². The van der Waals surface area contributed by atoms with Gasteiger partial charge in [0.25, 0.3) is 0 Å². The van der Waals surface area contributed by atoms with Crippen molar-refractivity contribution >= 4 is 41.3 Å². The summed E-state index contributed by atoms with van der Waals surface area (Å²) in [6.07, 6.45) is 5.93. The van der Waals surface area contributed by atoms with Crippen molar-refractivity contribution in [2.45, 2.75) is 52.1 Å². The average Bonchev–Trinajstić information content (AvgIpc) is 3.33. The molecule has 2 heterocycles. The van der Waals surface area contributed by atoms with E-state index in [-0.39, 0.29) is 24.0 Å². The van der Waals surface area contributed by atoms with E-state index in [1.165, 1.54) is 43.6 Å². The number of halogens is 1. The van der Waals surface area contributed by atoms with Gasteiger partial charge >= 0.3 is 0 Å². The first-order valence-electron chi connectivity index (χ1n) is 9.76. The van der Waals surface area contributed by atoms with E-state index < -0.39 is 0 Å². The third kappa shape index (κ3) is 4.19. The minimum atomic E-state index is 0. The van der Waals surface area contributed by atoms with Crippen molar-refractivity contribution in [3.05, 3.63) is 15.6 Å². The van der Waals surface area contributed by atoms with Crippen LogP contribution in [0.25, 0.3) is 0 Å². The Morgan fingerprint density at radius 3 is 2.50 bits per heavy atom. The second-order valence-electron chi connectivity index (χ2n) is 7.92. The van der Waals surface area contributed by atoms with Crippen LogP contribution in [0.15, 0.2) is 4.99 Å². The fourth-order valence-corrected chi connectivity index (χ4v) is 5.90. The van der Waals surface area contributed by atoms with Crippen molar-refractivity contribution in [1.82, 2.24) is 20.1 Å². The standard InChI is InChI=1S/C19H31N5S.HI/c1-13-14(2)25-18(22-13)12-21-19(20-3)24-8-6-23(7-9-24)17-11-15-4-5-16(17)10-15;/h15-17H,4-12H2,1-3H3,(H,20,21);1H. The summed E-state index contributed by atoms with van der Waals surface area (Å²) in [6, 6.07) is 0.872. The van der Waals surface area contributed by atoms with Gasteiger partial charge in [-0.3, -0.25) is 9.89 Å². The minimum Gasteiger partial charge on any atom is -0.350 e. The van der Waals surface area contributed by atoms with Crippen LogP contribution in [0.2, 0.25) is 0 Å². The number of aromatic nitrogens is 1. The number of piperazine rings is 1. The van der Waals surface area contributed by atoms with Gasteiger partial charge in [0.05, 0.1) is 12.2 Å². The Bertz CT molecular complexity index is 618. The first-order chi connectivity index (χ1) is 12.1. The van der Waals surface area contributed by atoms with Crippen LogP contribution in [0.4, 0.5) is 0 Å².